The Bertz CT molecular complexity index is 1740. The van der Waals surface area contributed by atoms with Crippen LogP contribution in [-0.2, 0) is 0 Å². The number of rotatable bonds is 3. The molecule has 1 saturated heterocycles. The third-order valence-electron chi connectivity index (χ3n) is 8.61. The molecule has 0 bridgehead atoms. The first kappa shape index (κ1) is 24.3. The Hall–Kier alpha value is -4.71. The topological polar surface area (TPSA) is 54.5 Å². The van der Waals surface area contributed by atoms with Gasteiger partial charge in [-0.05, 0) is 36.8 Å². The molecule has 1 fully saturated rings. The van der Waals surface area contributed by atoms with Gasteiger partial charge in [0.15, 0.2) is 17.3 Å². The van der Waals surface area contributed by atoms with E-state index >= 15 is 4.39 Å². The molecule has 4 nitrogen and oxygen atoms in total. The molecule has 1 spiro atoms. The van der Waals surface area contributed by atoms with Crippen molar-refractivity contribution in [3.63, 3.8) is 0 Å². The van der Waals surface area contributed by atoms with Crippen LogP contribution in [0.5, 0.6) is 0 Å². The smallest absolute Gasteiger partial charge is 0.185 e. The van der Waals surface area contributed by atoms with Crippen molar-refractivity contribution in [1.82, 2.24) is 0 Å². The van der Waals surface area contributed by atoms with Gasteiger partial charge in [0.05, 0.1) is 6.04 Å². The molecule has 0 saturated carbocycles. The second kappa shape index (κ2) is 8.65. The largest absolute Gasteiger partial charge is 0.352 e. The number of hydrogen-bond donors (Lipinski definition) is 0. The predicted octanol–water partition coefficient (Wildman–Crippen LogP) is 6.59. The predicted molar refractivity (Wildman–Crippen MR) is 148 cm³/mol. The summed E-state index contributed by atoms with van der Waals surface area (Å²) >= 11 is 0. The zero-order chi connectivity index (χ0) is 27.8. The minimum Gasteiger partial charge on any atom is -0.352 e. The van der Waals surface area contributed by atoms with Crippen molar-refractivity contribution in [2.24, 2.45) is 5.41 Å². The van der Waals surface area contributed by atoms with Gasteiger partial charge in [0.2, 0.25) is 0 Å². The third-order valence-corrected chi connectivity index (χ3v) is 8.61. The summed E-state index contributed by atoms with van der Waals surface area (Å²) in [5, 5.41) is 0. The number of aryl methyl sites for hydroxylation is 1. The van der Waals surface area contributed by atoms with E-state index in [1.807, 2.05) is 19.1 Å². The number of ketones is 3. The van der Waals surface area contributed by atoms with Crippen LogP contribution in [0.25, 0.3) is 6.08 Å². The minimum atomic E-state index is -1.81. The van der Waals surface area contributed by atoms with Gasteiger partial charge in [0, 0.05) is 33.9 Å². The fourth-order valence-electron chi connectivity index (χ4n) is 6.91. The molecule has 0 amide bonds. The van der Waals surface area contributed by atoms with Crippen LogP contribution in [0, 0.1) is 24.0 Å². The second-order valence-electron chi connectivity index (χ2n) is 10.7. The monoisotopic (exact) mass is 531 g/mol. The Morgan fingerprint density at radius 2 is 1.48 bits per heavy atom. The van der Waals surface area contributed by atoms with Gasteiger partial charge in [-0.25, -0.2) is 8.78 Å². The molecule has 2 heterocycles. The van der Waals surface area contributed by atoms with Crippen molar-refractivity contribution in [2.45, 2.75) is 24.9 Å². The Morgan fingerprint density at radius 1 is 0.825 bits per heavy atom. The molecule has 1 unspecified atom stereocenters. The highest BCUT2D eigenvalue weighted by Crippen LogP contribution is 2.61. The van der Waals surface area contributed by atoms with Crippen LogP contribution in [0.1, 0.15) is 53.7 Å². The maximum atomic E-state index is 15.8. The van der Waals surface area contributed by atoms with E-state index in [-0.39, 0.29) is 22.5 Å². The Balaban J connectivity index is 1.56. The zero-order valence-electron chi connectivity index (χ0n) is 21.5. The molecule has 4 aromatic rings. The average molecular weight is 532 g/mol. The van der Waals surface area contributed by atoms with Gasteiger partial charge < -0.3 is 4.90 Å². The lowest BCUT2D eigenvalue weighted by Crippen LogP contribution is -2.48. The lowest BCUT2D eigenvalue weighted by molar-refractivity contribution is 0.0664. The van der Waals surface area contributed by atoms with Gasteiger partial charge in [-0.1, -0.05) is 84.4 Å². The van der Waals surface area contributed by atoms with Crippen LogP contribution in [-0.4, -0.2) is 29.4 Å². The molecule has 0 N–H and O–H groups in total. The number of Topliss-reactive ketones (excluding diaryl/α,β-unsaturated/α-hetero) is 3. The quantitative estimate of drug-likeness (QED) is 0.221. The molecule has 196 valence electrons. The number of fused-ring (bicyclic) bond motifs is 5. The molecule has 0 radical (unpaired) electrons. The summed E-state index contributed by atoms with van der Waals surface area (Å²) in [6.07, 6.45) is 3.38. The molecule has 6 heteroatoms. The molecule has 0 aromatic heterocycles. The molecular formula is C34H23F2NO3. The fourth-order valence-corrected chi connectivity index (χ4v) is 6.91. The van der Waals surface area contributed by atoms with E-state index in [0.29, 0.717) is 16.8 Å². The van der Waals surface area contributed by atoms with Gasteiger partial charge in [-0.3, -0.25) is 14.4 Å². The molecule has 40 heavy (non-hydrogen) atoms. The maximum absolute atomic E-state index is 15.8. The maximum Gasteiger partial charge on any atom is 0.185 e. The average Bonchev–Trinajstić information content (AvgIpc) is 3.39. The van der Waals surface area contributed by atoms with Crippen molar-refractivity contribution >= 4 is 29.1 Å². The summed E-state index contributed by atoms with van der Waals surface area (Å²) in [5.41, 5.74) is 1.19. The van der Waals surface area contributed by atoms with Gasteiger partial charge in [-0.2, -0.15) is 0 Å². The number of carbonyl (C=O) groups excluding carboxylic acids is 3. The van der Waals surface area contributed by atoms with Crippen LogP contribution in [0.2, 0.25) is 0 Å². The molecule has 4 aromatic carbocycles. The van der Waals surface area contributed by atoms with E-state index in [4.69, 9.17) is 0 Å². The van der Waals surface area contributed by atoms with Gasteiger partial charge in [0.25, 0.3) is 0 Å². The Labute approximate surface area is 229 Å². The molecule has 3 aliphatic rings. The van der Waals surface area contributed by atoms with E-state index in [1.54, 1.807) is 71.6 Å². The van der Waals surface area contributed by atoms with Crippen LogP contribution < -0.4 is 4.90 Å². The van der Waals surface area contributed by atoms with E-state index in [9.17, 15) is 18.8 Å². The molecule has 1 aliphatic carbocycles. The number of halogens is 2. The van der Waals surface area contributed by atoms with Gasteiger partial charge in [0.1, 0.15) is 23.1 Å². The number of hydrogen-bond acceptors (Lipinski definition) is 4. The normalized spacial score (nSPS) is 21.9. The van der Waals surface area contributed by atoms with Crippen molar-refractivity contribution in [1.29, 1.82) is 0 Å². The fraction of sp³-hybridized carbons (Fsp3) is 0.147. The number of nitrogens with zero attached hydrogens (tertiary/aromatic N) is 1. The zero-order valence-corrected chi connectivity index (χ0v) is 21.5. The van der Waals surface area contributed by atoms with Gasteiger partial charge >= 0.3 is 0 Å². The summed E-state index contributed by atoms with van der Waals surface area (Å²) in [6, 6.07) is 21.8. The lowest BCUT2D eigenvalue weighted by atomic mass is 9.64. The van der Waals surface area contributed by atoms with Crippen LogP contribution in [0.4, 0.5) is 14.5 Å². The van der Waals surface area contributed by atoms with E-state index in [2.05, 4.69) is 0 Å². The number of carbonyl (C=O) groups is 3. The third kappa shape index (κ3) is 3.13. The van der Waals surface area contributed by atoms with Crippen LogP contribution in [0.3, 0.4) is 0 Å². The summed E-state index contributed by atoms with van der Waals surface area (Å²) in [4.78, 5) is 45.3. The number of benzene rings is 4. The number of anilines is 1. The summed E-state index contributed by atoms with van der Waals surface area (Å²) in [6.45, 7) is 1.91. The highest BCUT2D eigenvalue weighted by atomic mass is 19.1. The summed E-state index contributed by atoms with van der Waals surface area (Å²) in [7, 11) is 0. The molecule has 7 rings (SSSR count). The SMILES string of the molecule is Cc1ccc(C(=O)[C@H]2[C@H](c3ccccc3F)C3(C(=O)c4ccccc4C3=O)C3C=Cc4cc(F)ccc4N32)cc1. The summed E-state index contributed by atoms with van der Waals surface area (Å²) < 4.78 is 30.1. The van der Waals surface area contributed by atoms with Crippen molar-refractivity contribution in [3.05, 3.63) is 142 Å². The minimum absolute atomic E-state index is 0.119. The van der Waals surface area contributed by atoms with Crippen molar-refractivity contribution < 1.29 is 23.2 Å². The Kier molecular flexibility index (Phi) is 5.26. The lowest BCUT2D eigenvalue weighted by Gasteiger charge is -2.37. The van der Waals surface area contributed by atoms with E-state index in [0.717, 1.165) is 5.56 Å². The highest BCUT2D eigenvalue weighted by molar-refractivity contribution is 6.32. The first-order chi connectivity index (χ1) is 19.3. The standard InChI is InChI=1S/C34H23F2NO3/c1-19-10-12-20(13-11-19)31(38)30-29(25-8-4-5-9-26(25)36)34(32(39)23-6-2-3-7-24(23)33(34)40)28-17-14-21-18-22(35)15-16-27(21)37(28)30/h2-18,28-30H,1H3/t28?,29-,30+/m0/s1. The van der Waals surface area contributed by atoms with Gasteiger partial charge in [-0.15, -0.1) is 0 Å². The highest BCUT2D eigenvalue weighted by Gasteiger charge is 2.71. The van der Waals surface area contributed by atoms with E-state index in [1.165, 1.54) is 24.3 Å². The Morgan fingerprint density at radius 3 is 2.15 bits per heavy atom. The van der Waals surface area contributed by atoms with Crippen LogP contribution >= 0.6 is 0 Å². The molecular weight excluding hydrogens is 508 g/mol. The van der Waals surface area contributed by atoms with Crippen molar-refractivity contribution in [2.75, 3.05) is 4.90 Å². The van der Waals surface area contributed by atoms with E-state index < -0.39 is 46.6 Å². The van der Waals surface area contributed by atoms with Crippen LogP contribution in [0.15, 0.2) is 97.1 Å². The first-order valence-electron chi connectivity index (χ1n) is 13.1. The summed E-state index contributed by atoms with van der Waals surface area (Å²) in [5.74, 6) is -3.44. The first-order valence-corrected chi connectivity index (χ1v) is 13.1. The van der Waals surface area contributed by atoms with Crippen molar-refractivity contribution in [3.8, 4) is 0 Å². The molecule has 3 atom stereocenters. The molecule has 2 aliphatic heterocycles. The second-order valence-corrected chi connectivity index (χ2v) is 10.7.